The number of cyclic esters (lactones) is 1. The fourth-order valence-corrected chi connectivity index (χ4v) is 5.87. The SMILES string of the molecule is CCCCCCCCCCC[C@H](CC1OC(=O)C1CCCCCC)O[Si](C)(C)C(C)(C)C. The van der Waals surface area contributed by atoms with E-state index in [2.05, 4.69) is 47.7 Å². The summed E-state index contributed by atoms with van der Waals surface area (Å²) in [5.74, 6) is 0.140. The fourth-order valence-electron chi connectivity index (χ4n) is 4.47. The Morgan fingerprint density at radius 2 is 1.34 bits per heavy atom. The number of esters is 1. The molecule has 0 aromatic rings. The van der Waals surface area contributed by atoms with Crippen LogP contribution in [0.15, 0.2) is 0 Å². The summed E-state index contributed by atoms with van der Waals surface area (Å²) in [7, 11) is -1.83. The van der Waals surface area contributed by atoms with Gasteiger partial charge < -0.3 is 9.16 Å². The Bertz CT molecular complexity index is 497. The largest absolute Gasteiger partial charge is 0.461 e. The minimum Gasteiger partial charge on any atom is -0.461 e. The lowest BCUT2D eigenvalue weighted by Crippen LogP contribution is -2.49. The van der Waals surface area contributed by atoms with E-state index in [9.17, 15) is 4.79 Å². The molecular weight excluding hydrogens is 412 g/mol. The number of hydrogen-bond acceptors (Lipinski definition) is 3. The molecule has 1 heterocycles. The van der Waals surface area contributed by atoms with Gasteiger partial charge in [-0.1, -0.05) is 118 Å². The first kappa shape index (κ1) is 29.7. The molecule has 1 saturated heterocycles. The molecule has 32 heavy (non-hydrogen) atoms. The van der Waals surface area contributed by atoms with Crippen molar-refractivity contribution in [2.75, 3.05) is 0 Å². The van der Waals surface area contributed by atoms with Gasteiger partial charge in [-0.3, -0.25) is 4.79 Å². The number of carbonyl (C=O) groups is 1. The highest BCUT2D eigenvalue weighted by Crippen LogP contribution is 2.40. The molecule has 1 rings (SSSR count). The fraction of sp³-hybridized carbons (Fsp3) is 0.964. The number of hydrogen-bond donors (Lipinski definition) is 0. The van der Waals surface area contributed by atoms with Gasteiger partial charge in [0, 0.05) is 12.5 Å². The van der Waals surface area contributed by atoms with Gasteiger partial charge in [0.05, 0.1) is 5.92 Å². The lowest BCUT2D eigenvalue weighted by Gasteiger charge is -2.42. The van der Waals surface area contributed by atoms with E-state index in [4.69, 9.17) is 9.16 Å². The topological polar surface area (TPSA) is 35.5 Å². The quantitative estimate of drug-likeness (QED) is 0.108. The van der Waals surface area contributed by atoms with Gasteiger partial charge >= 0.3 is 5.97 Å². The molecule has 1 aliphatic heterocycles. The third kappa shape index (κ3) is 11.2. The van der Waals surface area contributed by atoms with Gasteiger partial charge in [-0.05, 0) is 31.0 Å². The third-order valence-electron chi connectivity index (χ3n) is 7.78. The van der Waals surface area contributed by atoms with E-state index >= 15 is 0 Å². The average molecular weight is 469 g/mol. The first-order chi connectivity index (χ1) is 15.1. The summed E-state index contributed by atoms with van der Waals surface area (Å²) in [6, 6.07) is 0. The zero-order valence-electron chi connectivity index (χ0n) is 22.8. The van der Waals surface area contributed by atoms with Crippen LogP contribution in [0, 0.1) is 5.92 Å². The van der Waals surface area contributed by atoms with E-state index in [1.165, 1.54) is 77.0 Å². The Labute approximate surface area is 201 Å². The van der Waals surface area contributed by atoms with Crippen LogP contribution in [0.5, 0.6) is 0 Å². The summed E-state index contributed by atoms with van der Waals surface area (Å²) in [6.07, 6.45) is 20.4. The van der Waals surface area contributed by atoms with Crippen molar-refractivity contribution >= 4 is 14.3 Å². The number of unbranched alkanes of at least 4 members (excludes halogenated alkanes) is 11. The summed E-state index contributed by atoms with van der Waals surface area (Å²) >= 11 is 0. The van der Waals surface area contributed by atoms with Gasteiger partial charge in [0.25, 0.3) is 0 Å². The molecule has 0 saturated carbocycles. The Morgan fingerprint density at radius 1 is 0.844 bits per heavy atom. The second-order valence-corrected chi connectivity index (χ2v) is 16.5. The molecule has 0 aromatic carbocycles. The first-order valence-corrected chi connectivity index (χ1v) is 16.9. The maximum absolute atomic E-state index is 12.1. The minimum absolute atomic E-state index is 0.0284. The summed E-state index contributed by atoms with van der Waals surface area (Å²) in [6.45, 7) is 16.2. The molecule has 1 aliphatic rings. The number of rotatable bonds is 19. The lowest BCUT2D eigenvalue weighted by atomic mass is 9.86. The van der Waals surface area contributed by atoms with Gasteiger partial charge in [0.15, 0.2) is 8.32 Å². The number of ether oxygens (including phenoxy) is 1. The van der Waals surface area contributed by atoms with Crippen LogP contribution < -0.4 is 0 Å². The highest BCUT2D eigenvalue weighted by Gasteiger charge is 2.45. The summed E-state index contributed by atoms with van der Waals surface area (Å²) in [5, 5.41) is 0.208. The van der Waals surface area contributed by atoms with E-state index in [0.717, 1.165) is 25.7 Å². The summed E-state index contributed by atoms with van der Waals surface area (Å²) < 4.78 is 12.5. The molecule has 3 atom stereocenters. The Morgan fingerprint density at radius 3 is 1.84 bits per heavy atom. The van der Waals surface area contributed by atoms with E-state index in [1.807, 2.05) is 0 Å². The Balaban J connectivity index is 2.50. The number of carbonyl (C=O) groups excluding carboxylic acids is 1. The highest BCUT2D eigenvalue weighted by molar-refractivity contribution is 6.74. The van der Waals surface area contributed by atoms with Crippen molar-refractivity contribution in [2.45, 2.75) is 168 Å². The smallest absolute Gasteiger partial charge is 0.313 e. The predicted molar refractivity (Wildman–Crippen MR) is 141 cm³/mol. The van der Waals surface area contributed by atoms with Crippen molar-refractivity contribution in [3.63, 3.8) is 0 Å². The minimum atomic E-state index is -1.83. The van der Waals surface area contributed by atoms with Crippen LogP contribution in [0.1, 0.15) is 137 Å². The summed E-state index contributed by atoms with van der Waals surface area (Å²) in [5.41, 5.74) is 0. The van der Waals surface area contributed by atoms with Crippen LogP contribution in [-0.2, 0) is 14.0 Å². The molecule has 0 bridgehead atoms. The molecule has 0 amide bonds. The van der Waals surface area contributed by atoms with Crippen molar-refractivity contribution in [1.82, 2.24) is 0 Å². The van der Waals surface area contributed by atoms with Crippen molar-refractivity contribution < 1.29 is 14.0 Å². The molecule has 0 aliphatic carbocycles. The van der Waals surface area contributed by atoms with Crippen LogP contribution in [0.25, 0.3) is 0 Å². The Kier molecular flexibility index (Phi) is 14.4. The van der Waals surface area contributed by atoms with Crippen molar-refractivity contribution in [3.05, 3.63) is 0 Å². The van der Waals surface area contributed by atoms with E-state index in [0.29, 0.717) is 0 Å². The van der Waals surface area contributed by atoms with Crippen LogP contribution in [0.3, 0.4) is 0 Å². The molecule has 2 unspecified atom stereocenters. The van der Waals surface area contributed by atoms with Gasteiger partial charge in [0.2, 0.25) is 0 Å². The highest BCUT2D eigenvalue weighted by atomic mass is 28.4. The zero-order valence-corrected chi connectivity index (χ0v) is 23.8. The van der Waals surface area contributed by atoms with Gasteiger partial charge in [0.1, 0.15) is 6.10 Å². The molecule has 0 radical (unpaired) electrons. The maximum atomic E-state index is 12.1. The second-order valence-electron chi connectivity index (χ2n) is 11.8. The van der Waals surface area contributed by atoms with Crippen molar-refractivity contribution in [2.24, 2.45) is 5.92 Å². The first-order valence-electron chi connectivity index (χ1n) is 14.0. The van der Waals surface area contributed by atoms with Crippen LogP contribution in [0.4, 0.5) is 0 Å². The van der Waals surface area contributed by atoms with E-state index in [1.54, 1.807) is 0 Å². The molecule has 0 aromatic heterocycles. The van der Waals surface area contributed by atoms with Crippen LogP contribution in [0.2, 0.25) is 18.1 Å². The molecule has 3 nitrogen and oxygen atoms in total. The third-order valence-corrected chi connectivity index (χ3v) is 12.3. The predicted octanol–water partition coefficient (Wildman–Crippen LogP) is 9.20. The van der Waals surface area contributed by atoms with E-state index in [-0.39, 0.29) is 29.1 Å². The Hall–Kier alpha value is -0.353. The normalized spacial score (nSPS) is 20.2. The van der Waals surface area contributed by atoms with Gasteiger partial charge in [-0.2, -0.15) is 0 Å². The molecule has 1 fully saturated rings. The van der Waals surface area contributed by atoms with Gasteiger partial charge in [-0.15, -0.1) is 0 Å². The second kappa shape index (κ2) is 15.5. The monoisotopic (exact) mass is 468 g/mol. The summed E-state index contributed by atoms with van der Waals surface area (Å²) in [4.78, 5) is 12.1. The average Bonchev–Trinajstić information content (AvgIpc) is 2.70. The molecule has 0 N–H and O–H groups in total. The van der Waals surface area contributed by atoms with Crippen molar-refractivity contribution in [3.8, 4) is 0 Å². The maximum Gasteiger partial charge on any atom is 0.313 e. The molecule has 4 heteroatoms. The zero-order chi connectivity index (χ0) is 24.0. The van der Waals surface area contributed by atoms with Crippen LogP contribution in [-0.4, -0.2) is 26.5 Å². The molecule has 190 valence electrons. The molecule has 0 spiro atoms. The van der Waals surface area contributed by atoms with E-state index < -0.39 is 8.32 Å². The van der Waals surface area contributed by atoms with Crippen molar-refractivity contribution in [1.29, 1.82) is 0 Å². The van der Waals surface area contributed by atoms with Gasteiger partial charge in [-0.25, -0.2) is 0 Å². The standard InChI is InChI=1S/C28H56O3Si/c1-8-10-12-14-15-16-17-18-19-21-24(31-32(6,7)28(3,4)5)23-26-25(27(29)30-26)22-20-13-11-9-2/h24-26H,8-23H2,1-7H3/t24-,25?,26?/m1/s1. The van der Waals surface area contributed by atoms with Crippen LogP contribution >= 0.6 is 0 Å². The molecular formula is C28H56O3Si. The lowest BCUT2D eigenvalue weighted by molar-refractivity contribution is -0.188.